The van der Waals surface area contributed by atoms with Gasteiger partial charge in [-0.15, -0.1) is 0 Å². The molecule has 6 unspecified atom stereocenters. The first kappa shape index (κ1) is 67.6. The molecular formula is C67H81FN2O14P2. The Morgan fingerprint density at radius 1 is 0.500 bits per heavy atom. The number of benzene rings is 7. The molecule has 6 atom stereocenters. The van der Waals surface area contributed by atoms with Crippen LogP contribution >= 0.6 is 19.8 Å². The third-order valence-electron chi connectivity index (χ3n) is 14.4. The molecule has 0 aromatic heterocycles. The van der Waals surface area contributed by atoms with Crippen LogP contribution in [-0.4, -0.2) is 82.4 Å². The van der Waals surface area contributed by atoms with Crippen molar-refractivity contribution in [3.05, 3.63) is 202 Å². The molecule has 0 radical (unpaired) electrons. The third-order valence-corrected chi connectivity index (χ3v) is 14.4. The predicted octanol–water partition coefficient (Wildman–Crippen LogP) is 13.8. The molecule has 2 heterocycles. The van der Waals surface area contributed by atoms with Crippen molar-refractivity contribution in [2.24, 2.45) is 0 Å². The summed E-state index contributed by atoms with van der Waals surface area (Å²) in [7, 11) is 6.39. The van der Waals surface area contributed by atoms with Gasteiger partial charge in [-0.05, 0) is 166 Å². The Balaban J connectivity index is 0.000000274. The molecule has 19 heteroatoms. The van der Waals surface area contributed by atoms with E-state index >= 15 is 0 Å². The molecule has 7 aromatic rings. The molecule has 7 aromatic carbocycles. The number of hydrogen-bond donors (Lipinski definition) is 1. The van der Waals surface area contributed by atoms with Crippen LogP contribution in [0.5, 0.6) is 34.5 Å². The number of carbonyl (C=O) groups excluding carboxylic acids is 2. The minimum atomic E-state index is -0.892. The first-order valence-corrected chi connectivity index (χ1v) is 27.8. The summed E-state index contributed by atoms with van der Waals surface area (Å²) in [5, 5.41) is 10.9. The molecule has 0 fully saturated rings. The minimum Gasteiger partial charge on any atom is -0.497 e. The number of halogens is 1. The summed E-state index contributed by atoms with van der Waals surface area (Å²) in [6, 6.07) is 47.1. The molecule has 0 aliphatic carbocycles. The lowest BCUT2D eigenvalue weighted by Gasteiger charge is -2.44. The fourth-order valence-corrected chi connectivity index (χ4v) is 9.84. The summed E-state index contributed by atoms with van der Waals surface area (Å²) in [6.45, 7) is 13.5. The van der Waals surface area contributed by atoms with Crippen molar-refractivity contribution in [1.82, 2.24) is 0 Å². The Morgan fingerprint density at radius 2 is 0.872 bits per heavy atom. The summed E-state index contributed by atoms with van der Waals surface area (Å²) in [5.41, 5.74) is 5.31. The normalized spacial score (nSPS) is 16.7. The van der Waals surface area contributed by atoms with E-state index in [1.54, 1.807) is 62.5 Å². The first-order valence-electron chi connectivity index (χ1n) is 27.8. The van der Waals surface area contributed by atoms with Crippen molar-refractivity contribution >= 4 is 43.4 Å². The number of methoxy groups -OCH3 is 4. The van der Waals surface area contributed by atoms with E-state index in [4.69, 9.17) is 52.1 Å². The summed E-state index contributed by atoms with van der Waals surface area (Å²) < 4.78 is 77.1. The number of amides is 2. The van der Waals surface area contributed by atoms with Crippen LogP contribution in [0, 0.1) is 5.82 Å². The van der Waals surface area contributed by atoms with Gasteiger partial charge in [0.2, 0.25) is 0 Å². The van der Waals surface area contributed by atoms with Gasteiger partial charge in [-0.2, -0.15) is 19.8 Å². The second-order valence-corrected chi connectivity index (χ2v) is 21.1. The van der Waals surface area contributed by atoms with E-state index in [0.29, 0.717) is 41.7 Å². The van der Waals surface area contributed by atoms with E-state index in [0.717, 1.165) is 56.4 Å². The van der Waals surface area contributed by atoms with Gasteiger partial charge in [-0.3, -0.25) is 9.80 Å². The van der Waals surface area contributed by atoms with E-state index in [9.17, 15) is 19.1 Å². The SMILES string of the molecule is CCOc1ccc(COC(=O)N(Cc2ccc(OC)cc2)c2ccc3c(c2)C(OC)C(O)C(C)(C)O3)cc1.CCOc1ccc(COC(=O)N(Cc2ccc(OC)cc2)c2ccc3c(c2)C(OC)C(OCc2ccc(F)cc2)C(C)(C)O3)cc1.P.P. The van der Waals surface area contributed by atoms with Gasteiger partial charge in [0.05, 0.1) is 47.1 Å². The smallest absolute Gasteiger partial charge is 0.414 e. The van der Waals surface area contributed by atoms with Gasteiger partial charge in [0.15, 0.2) is 0 Å². The molecule has 460 valence electrons. The molecule has 2 amide bonds. The van der Waals surface area contributed by atoms with Gasteiger partial charge in [0.1, 0.15) is 89.1 Å². The summed E-state index contributed by atoms with van der Waals surface area (Å²) >= 11 is 0. The summed E-state index contributed by atoms with van der Waals surface area (Å²) in [5.74, 6) is 3.89. The highest BCUT2D eigenvalue weighted by Crippen LogP contribution is 2.46. The lowest BCUT2D eigenvalue weighted by Crippen LogP contribution is -2.50. The Hall–Kier alpha value is -7.49. The van der Waals surface area contributed by atoms with Crippen LogP contribution in [0.4, 0.5) is 25.4 Å². The Morgan fingerprint density at radius 3 is 1.28 bits per heavy atom. The molecule has 0 spiro atoms. The van der Waals surface area contributed by atoms with Gasteiger partial charge in [-0.25, -0.2) is 14.0 Å². The van der Waals surface area contributed by atoms with E-state index < -0.39 is 47.8 Å². The fraction of sp³-hybridized carbons (Fsp3) is 0.343. The summed E-state index contributed by atoms with van der Waals surface area (Å²) in [4.78, 5) is 30.3. The molecule has 2 aliphatic heterocycles. The Labute approximate surface area is 510 Å². The zero-order valence-corrected chi connectivity index (χ0v) is 53.5. The molecule has 16 nitrogen and oxygen atoms in total. The summed E-state index contributed by atoms with van der Waals surface area (Å²) in [6.07, 6.45) is -3.55. The second kappa shape index (κ2) is 31.2. The van der Waals surface area contributed by atoms with E-state index in [1.165, 1.54) is 12.1 Å². The number of nitrogens with zero attached hydrogens (tertiary/aromatic N) is 2. The van der Waals surface area contributed by atoms with Crippen LogP contribution < -0.4 is 38.2 Å². The molecule has 86 heavy (non-hydrogen) atoms. The van der Waals surface area contributed by atoms with Gasteiger partial charge in [0, 0.05) is 36.7 Å². The fourth-order valence-electron chi connectivity index (χ4n) is 9.84. The monoisotopic (exact) mass is 1220 g/mol. The number of fused-ring (bicyclic) bond motifs is 2. The van der Waals surface area contributed by atoms with Crippen molar-refractivity contribution < 1.29 is 71.2 Å². The van der Waals surface area contributed by atoms with Crippen LogP contribution in [0.1, 0.15) is 92.7 Å². The molecular weight excluding hydrogens is 1140 g/mol. The van der Waals surface area contributed by atoms with Crippen LogP contribution in [0.15, 0.2) is 158 Å². The maximum absolute atomic E-state index is 13.7. The number of rotatable bonds is 21. The average Bonchev–Trinajstić information content (AvgIpc) is 0.885. The van der Waals surface area contributed by atoms with Crippen molar-refractivity contribution in [1.29, 1.82) is 0 Å². The highest BCUT2D eigenvalue weighted by molar-refractivity contribution is 6.92. The molecule has 2 aliphatic rings. The number of carbonyl (C=O) groups is 2. The maximum Gasteiger partial charge on any atom is 0.414 e. The molecule has 0 bridgehead atoms. The number of ether oxygens (including phenoxy) is 11. The van der Waals surface area contributed by atoms with Gasteiger partial charge >= 0.3 is 12.2 Å². The van der Waals surface area contributed by atoms with Crippen LogP contribution in [-0.2, 0) is 56.6 Å². The average molecular weight is 1220 g/mol. The topological polar surface area (TPSA) is 162 Å². The van der Waals surface area contributed by atoms with Crippen molar-refractivity contribution in [3.8, 4) is 34.5 Å². The second-order valence-electron chi connectivity index (χ2n) is 21.1. The number of aliphatic hydroxyl groups is 1. The molecule has 1 N–H and O–H groups in total. The minimum absolute atomic E-state index is 0. The zero-order chi connectivity index (χ0) is 60.0. The molecule has 9 rings (SSSR count). The van der Waals surface area contributed by atoms with E-state index in [1.807, 2.05) is 163 Å². The number of anilines is 2. The quantitative estimate of drug-likeness (QED) is 0.0676. The van der Waals surface area contributed by atoms with Crippen molar-refractivity contribution in [2.45, 2.75) is 110 Å². The lowest BCUT2D eigenvalue weighted by atomic mass is 9.87. The third kappa shape index (κ3) is 17.1. The van der Waals surface area contributed by atoms with Crippen LogP contribution in [0.25, 0.3) is 0 Å². The molecule has 0 saturated heterocycles. The number of hydrogen-bond acceptors (Lipinski definition) is 14. The highest BCUT2D eigenvalue weighted by atomic mass is 31.0. The predicted molar refractivity (Wildman–Crippen MR) is 339 cm³/mol. The highest BCUT2D eigenvalue weighted by Gasteiger charge is 2.46. The first-order chi connectivity index (χ1) is 40.4. The largest absolute Gasteiger partial charge is 0.497 e. The van der Waals surface area contributed by atoms with E-state index in [-0.39, 0.29) is 58.5 Å². The molecule has 0 saturated carbocycles. The standard InChI is InChI=1S/C37H40FNO7.C30H35NO7.2H3P/c1-6-43-31-18-11-27(12-19-31)24-45-36(40)39(22-25-9-16-30(41-4)17-10-25)29-15-20-33-32(21-29)34(42-5)35(37(2,3)46-33)44-23-26-7-13-28(38)14-8-26;1-6-36-24-14-9-21(10-15-24)19-37-29(33)31(18-20-7-12-23(34-4)13-8-20)22-11-16-26-25(17-22)27(35-5)28(32)30(2,3)38-26;;/h7-21,34-35H,6,22-24H2,1-5H3;7-17,27-28,32H,6,18-19H2,1-5H3;2*1H3. The maximum atomic E-state index is 13.7. The van der Waals surface area contributed by atoms with Crippen molar-refractivity contribution in [3.63, 3.8) is 0 Å². The van der Waals surface area contributed by atoms with Gasteiger partial charge in [0.25, 0.3) is 0 Å². The van der Waals surface area contributed by atoms with Crippen LogP contribution in [0.3, 0.4) is 0 Å². The zero-order valence-electron chi connectivity index (χ0n) is 50.7. The Kier molecular flexibility index (Phi) is 24.6. The van der Waals surface area contributed by atoms with Gasteiger partial charge < -0.3 is 57.2 Å². The van der Waals surface area contributed by atoms with Gasteiger partial charge in [-0.1, -0.05) is 60.7 Å². The van der Waals surface area contributed by atoms with Crippen LogP contribution in [0.2, 0.25) is 0 Å². The number of aliphatic hydroxyl groups excluding tert-OH is 1. The Bertz CT molecular complexity index is 3260. The lowest BCUT2D eigenvalue weighted by molar-refractivity contribution is -0.159. The van der Waals surface area contributed by atoms with Crippen molar-refractivity contribution in [2.75, 3.05) is 51.5 Å². The van der Waals surface area contributed by atoms with E-state index in [2.05, 4.69) is 0 Å².